The molecular weight excluding hydrogens is 262 g/mol. The van der Waals surface area contributed by atoms with E-state index in [2.05, 4.69) is 29.5 Å². The van der Waals surface area contributed by atoms with Gasteiger partial charge in [-0.15, -0.1) is 0 Å². The number of hydrogen-bond acceptors (Lipinski definition) is 3. The minimum atomic E-state index is -0.0796. The van der Waals surface area contributed by atoms with Crippen LogP contribution in [0.1, 0.15) is 35.5 Å². The van der Waals surface area contributed by atoms with Crippen molar-refractivity contribution in [2.24, 2.45) is 0 Å². The van der Waals surface area contributed by atoms with E-state index in [1.807, 2.05) is 42.5 Å². The van der Waals surface area contributed by atoms with Crippen LogP contribution in [0.5, 0.6) is 0 Å². The third kappa shape index (κ3) is 5.00. The number of aromatic nitrogens is 1. The summed E-state index contributed by atoms with van der Waals surface area (Å²) in [4.78, 5) is 16.2. The molecule has 4 heteroatoms. The molecule has 0 unspecified atom stereocenters. The van der Waals surface area contributed by atoms with Crippen LogP contribution in [0.15, 0.2) is 48.7 Å². The molecule has 0 fully saturated rings. The molecule has 2 aromatic rings. The van der Waals surface area contributed by atoms with Crippen molar-refractivity contribution in [3.8, 4) is 0 Å². The first-order chi connectivity index (χ1) is 10.1. The highest BCUT2D eigenvalue weighted by Gasteiger charge is 2.05. The Labute approximate surface area is 125 Å². The van der Waals surface area contributed by atoms with Gasteiger partial charge in [0.15, 0.2) is 0 Å². The summed E-state index contributed by atoms with van der Waals surface area (Å²) in [5.74, 6) is -0.0796. The van der Waals surface area contributed by atoms with Gasteiger partial charge >= 0.3 is 0 Å². The number of carbonyl (C=O) groups is 1. The van der Waals surface area contributed by atoms with E-state index in [4.69, 9.17) is 0 Å². The van der Waals surface area contributed by atoms with Crippen LogP contribution in [-0.4, -0.2) is 16.9 Å². The van der Waals surface area contributed by atoms with Gasteiger partial charge in [-0.1, -0.05) is 32.0 Å². The van der Waals surface area contributed by atoms with Gasteiger partial charge in [-0.3, -0.25) is 9.78 Å². The summed E-state index contributed by atoms with van der Waals surface area (Å²) >= 11 is 0. The van der Waals surface area contributed by atoms with Crippen LogP contribution in [-0.2, 0) is 13.1 Å². The van der Waals surface area contributed by atoms with Crippen LogP contribution in [0.4, 0.5) is 0 Å². The fraction of sp³-hybridized carbons (Fsp3) is 0.294. The van der Waals surface area contributed by atoms with Gasteiger partial charge in [0.1, 0.15) is 0 Å². The van der Waals surface area contributed by atoms with Crippen molar-refractivity contribution in [3.63, 3.8) is 0 Å². The van der Waals surface area contributed by atoms with Crippen LogP contribution >= 0.6 is 0 Å². The zero-order valence-electron chi connectivity index (χ0n) is 12.5. The van der Waals surface area contributed by atoms with E-state index >= 15 is 0 Å². The molecule has 0 bridgehead atoms. The Balaban J connectivity index is 1.88. The summed E-state index contributed by atoms with van der Waals surface area (Å²) in [5, 5.41) is 6.22. The molecule has 2 rings (SSSR count). The molecule has 2 N–H and O–H groups in total. The van der Waals surface area contributed by atoms with Crippen LogP contribution in [0.3, 0.4) is 0 Å². The summed E-state index contributed by atoms with van der Waals surface area (Å²) in [5.41, 5.74) is 2.69. The average molecular weight is 283 g/mol. The second kappa shape index (κ2) is 7.55. The minimum Gasteiger partial charge on any atom is -0.346 e. The van der Waals surface area contributed by atoms with Crippen molar-refractivity contribution >= 4 is 5.91 Å². The van der Waals surface area contributed by atoms with Crippen LogP contribution in [0.25, 0.3) is 0 Å². The maximum absolute atomic E-state index is 12.0. The average Bonchev–Trinajstić information content (AvgIpc) is 2.52. The number of pyridine rings is 1. The largest absolute Gasteiger partial charge is 0.346 e. The van der Waals surface area contributed by atoms with Gasteiger partial charge in [0.05, 0.1) is 12.2 Å². The number of benzene rings is 1. The smallest absolute Gasteiger partial charge is 0.251 e. The second-order valence-electron chi connectivity index (χ2n) is 5.24. The molecule has 4 nitrogen and oxygen atoms in total. The van der Waals surface area contributed by atoms with Crippen molar-refractivity contribution in [1.82, 2.24) is 15.6 Å². The summed E-state index contributed by atoms with van der Waals surface area (Å²) in [6.45, 7) is 5.47. The number of nitrogens with zero attached hydrogens (tertiary/aromatic N) is 1. The quantitative estimate of drug-likeness (QED) is 0.856. The van der Waals surface area contributed by atoms with Gasteiger partial charge in [0.25, 0.3) is 5.91 Å². The fourth-order valence-electron chi connectivity index (χ4n) is 1.87. The highest BCUT2D eigenvalue weighted by molar-refractivity contribution is 5.94. The van der Waals surface area contributed by atoms with E-state index in [1.54, 1.807) is 6.20 Å². The van der Waals surface area contributed by atoms with Crippen LogP contribution in [0, 0.1) is 0 Å². The van der Waals surface area contributed by atoms with Crippen molar-refractivity contribution in [1.29, 1.82) is 0 Å². The van der Waals surface area contributed by atoms with Gasteiger partial charge in [-0.25, -0.2) is 0 Å². The molecule has 1 heterocycles. The number of rotatable bonds is 6. The maximum atomic E-state index is 12.0. The summed E-state index contributed by atoms with van der Waals surface area (Å²) in [7, 11) is 0. The van der Waals surface area contributed by atoms with E-state index in [-0.39, 0.29) is 5.91 Å². The van der Waals surface area contributed by atoms with Crippen molar-refractivity contribution < 1.29 is 4.79 Å². The maximum Gasteiger partial charge on any atom is 0.251 e. The first-order valence-corrected chi connectivity index (χ1v) is 7.15. The Morgan fingerprint density at radius 1 is 1.10 bits per heavy atom. The highest BCUT2D eigenvalue weighted by atomic mass is 16.1. The molecule has 0 aliphatic rings. The van der Waals surface area contributed by atoms with E-state index < -0.39 is 0 Å². The second-order valence-corrected chi connectivity index (χ2v) is 5.24. The molecule has 1 aromatic carbocycles. The SMILES string of the molecule is CC(C)NCc1ccc(C(=O)NCc2ccccn2)cc1. The van der Waals surface area contributed by atoms with E-state index in [9.17, 15) is 4.79 Å². The van der Waals surface area contributed by atoms with Crippen molar-refractivity contribution in [2.45, 2.75) is 33.0 Å². The lowest BCUT2D eigenvalue weighted by atomic mass is 10.1. The molecule has 1 amide bonds. The first-order valence-electron chi connectivity index (χ1n) is 7.15. The first kappa shape index (κ1) is 15.2. The van der Waals surface area contributed by atoms with Gasteiger partial charge in [0, 0.05) is 24.3 Å². The van der Waals surface area contributed by atoms with Gasteiger partial charge in [0.2, 0.25) is 0 Å². The predicted molar refractivity (Wildman–Crippen MR) is 83.8 cm³/mol. The van der Waals surface area contributed by atoms with E-state index in [0.29, 0.717) is 18.2 Å². The Morgan fingerprint density at radius 3 is 2.48 bits per heavy atom. The fourth-order valence-corrected chi connectivity index (χ4v) is 1.87. The molecule has 0 aliphatic carbocycles. The van der Waals surface area contributed by atoms with Gasteiger partial charge in [-0.2, -0.15) is 0 Å². The van der Waals surface area contributed by atoms with Crippen molar-refractivity contribution in [3.05, 3.63) is 65.5 Å². The minimum absolute atomic E-state index is 0.0796. The number of amides is 1. The monoisotopic (exact) mass is 283 g/mol. The van der Waals surface area contributed by atoms with Crippen LogP contribution < -0.4 is 10.6 Å². The Hall–Kier alpha value is -2.20. The highest BCUT2D eigenvalue weighted by Crippen LogP contribution is 2.05. The standard InChI is InChI=1S/C17H21N3O/c1-13(2)19-11-14-6-8-15(9-7-14)17(21)20-12-16-5-3-4-10-18-16/h3-10,13,19H,11-12H2,1-2H3,(H,20,21). The zero-order chi connectivity index (χ0) is 15.1. The Kier molecular flexibility index (Phi) is 5.46. The van der Waals surface area contributed by atoms with Gasteiger partial charge < -0.3 is 10.6 Å². The Bertz CT molecular complexity index is 564. The van der Waals surface area contributed by atoms with Crippen LogP contribution in [0.2, 0.25) is 0 Å². The molecule has 0 saturated carbocycles. The van der Waals surface area contributed by atoms with E-state index in [0.717, 1.165) is 12.2 Å². The molecule has 21 heavy (non-hydrogen) atoms. The lowest BCUT2D eigenvalue weighted by molar-refractivity contribution is 0.0950. The summed E-state index contributed by atoms with van der Waals surface area (Å²) < 4.78 is 0. The predicted octanol–water partition coefficient (Wildman–Crippen LogP) is 2.51. The van der Waals surface area contributed by atoms with Gasteiger partial charge in [-0.05, 0) is 29.8 Å². The molecule has 0 saturated heterocycles. The topological polar surface area (TPSA) is 54.0 Å². The summed E-state index contributed by atoms with van der Waals surface area (Å²) in [6, 6.07) is 13.8. The number of hydrogen-bond donors (Lipinski definition) is 2. The molecule has 0 aliphatic heterocycles. The molecule has 1 aromatic heterocycles. The third-order valence-corrected chi connectivity index (χ3v) is 3.09. The third-order valence-electron chi connectivity index (χ3n) is 3.09. The van der Waals surface area contributed by atoms with Crippen molar-refractivity contribution in [2.75, 3.05) is 0 Å². The number of nitrogens with one attached hydrogen (secondary N) is 2. The molecule has 0 radical (unpaired) electrons. The normalized spacial score (nSPS) is 10.6. The molecule has 0 spiro atoms. The zero-order valence-corrected chi connectivity index (χ0v) is 12.5. The lowest BCUT2D eigenvalue weighted by Crippen LogP contribution is -2.24. The molecule has 0 atom stereocenters. The lowest BCUT2D eigenvalue weighted by Gasteiger charge is -2.09. The molecule has 110 valence electrons. The molecular formula is C17H21N3O. The Morgan fingerprint density at radius 2 is 1.86 bits per heavy atom. The van der Waals surface area contributed by atoms with E-state index in [1.165, 1.54) is 5.56 Å². The number of carbonyl (C=O) groups excluding carboxylic acids is 1. The summed E-state index contributed by atoms with van der Waals surface area (Å²) in [6.07, 6.45) is 1.72.